The molecule has 4 rings (SSSR count). The third kappa shape index (κ3) is 8.16. The summed E-state index contributed by atoms with van der Waals surface area (Å²) in [7, 11) is -1.23. The molecule has 1 N–H and O–H groups in total. The molecule has 2 amide bonds. The molecule has 0 aliphatic rings. The number of carbonyl (C=O) groups excluding carboxylic acids is 2. The summed E-state index contributed by atoms with van der Waals surface area (Å²) in [5, 5.41) is 3.09. The van der Waals surface area contributed by atoms with E-state index in [1.807, 2.05) is 54.6 Å². The second kappa shape index (κ2) is 14.5. The van der Waals surface area contributed by atoms with Crippen molar-refractivity contribution >= 4 is 55.1 Å². The molecular formula is C32H31BrClN3O5S. The minimum atomic E-state index is -4.23. The summed E-state index contributed by atoms with van der Waals surface area (Å²) in [5.41, 5.74) is 1.87. The highest BCUT2D eigenvalue weighted by Crippen LogP contribution is 2.27. The number of nitrogens with zero attached hydrogens (tertiary/aromatic N) is 2. The van der Waals surface area contributed by atoms with Crippen LogP contribution in [0.25, 0.3) is 0 Å². The second-order valence-electron chi connectivity index (χ2n) is 9.63. The summed E-state index contributed by atoms with van der Waals surface area (Å²) in [6.07, 6.45) is 0.231. The fourth-order valence-corrected chi connectivity index (χ4v) is 6.32. The van der Waals surface area contributed by atoms with E-state index in [0.717, 1.165) is 19.9 Å². The van der Waals surface area contributed by atoms with Crippen LogP contribution in [0.2, 0.25) is 5.02 Å². The van der Waals surface area contributed by atoms with Gasteiger partial charge < -0.3 is 15.0 Å². The van der Waals surface area contributed by atoms with Crippen LogP contribution in [0.15, 0.2) is 112 Å². The van der Waals surface area contributed by atoms with Gasteiger partial charge in [0.05, 0.1) is 17.7 Å². The van der Waals surface area contributed by atoms with Crippen LogP contribution in [0, 0.1) is 0 Å². The first-order valence-electron chi connectivity index (χ1n) is 13.3. The number of nitrogens with one attached hydrogen (secondary N) is 1. The number of methoxy groups -OCH3 is 1. The zero-order valence-electron chi connectivity index (χ0n) is 23.6. The van der Waals surface area contributed by atoms with Crippen LogP contribution in [0.1, 0.15) is 11.1 Å². The number of hydrogen-bond acceptors (Lipinski definition) is 5. The lowest BCUT2D eigenvalue weighted by molar-refractivity contribution is -0.139. The Bertz CT molecular complexity index is 1640. The van der Waals surface area contributed by atoms with Crippen LogP contribution in [-0.4, -0.2) is 51.9 Å². The number of sulfonamides is 1. The van der Waals surface area contributed by atoms with Gasteiger partial charge in [0.15, 0.2) is 0 Å². The number of likely N-dealkylation sites (N-methyl/N-ethyl adjacent to an activating group) is 1. The second-order valence-corrected chi connectivity index (χ2v) is 12.8. The van der Waals surface area contributed by atoms with Crippen LogP contribution in [-0.2, 0) is 32.6 Å². The van der Waals surface area contributed by atoms with E-state index in [2.05, 4.69) is 21.2 Å². The maximum atomic E-state index is 14.3. The quantitative estimate of drug-likeness (QED) is 0.207. The molecule has 4 aromatic carbocycles. The van der Waals surface area contributed by atoms with Gasteiger partial charge in [0, 0.05) is 29.5 Å². The fourth-order valence-electron chi connectivity index (χ4n) is 4.52. The number of rotatable bonds is 12. The van der Waals surface area contributed by atoms with E-state index in [0.29, 0.717) is 10.8 Å². The molecule has 0 spiro atoms. The lowest BCUT2D eigenvalue weighted by atomic mass is 10.0. The molecule has 0 heterocycles. The Hall–Kier alpha value is -3.86. The zero-order valence-corrected chi connectivity index (χ0v) is 26.8. The Balaban J connectivity index is 1.77. The monoisotopic (exact) mass is 683 g/mol. The predicted octanol–water partition coefficient (Wildman–Crippen LogP) is 5.69. The van der Waals surface area contributed by atoms with Gasteiger partial charge in [0.1, 0.15) is 18.3 Å². The number of anilines is 1. The topological polar surface area (TPSA) is 96.0 Å². The summed E-state index contributed by atoms with van der Waals surface area (Å²) in [5.74, 6) is -0.437. The van der Waals surface area contributed by atoms with Crippen molar-refractivity contribution in [1.29, 1.82) is 0 Å². The van der Waals surface area contributed by atoms with Gasteiger partial charge in [-0.25, -0.2) is 8.42 Å². The van der Waals surface area contributed by atoms with Crippen LogP contribution in [0.4, 0.5) is 5.69 Å². The van der Waals surface area contributed by atoms with Crippen molar-refractivity contribution < 1.29 is 22.7 Å². The molecule has 0 bridgehead atoms. The lowest BCUT2D eigenvalue weighted by Gasteiger charge is -2.33. The molecule has 11 heteroatoms. The molecule has 0 saturated heterocycles. The Morgan fingerprint density at radius 1 is 0.884 bits per heavy atom. The van der Waals surface area contributed by atoms with Gasteiger partial charge in [-0.1, -0.05) is 70.0 Å². The molecule has 0 unspecified atom stereocenters. The molecule has 0 aliphatic carbocycles. The van der Waals surface area contributed by atoms with Gasteiger partial charge in [-0.05, 0) is 71.8 Å². The maximum Gasteiger partial charge on any atom is 0.264 e. The highest BCUT2D eigenvalue weighted by atomic mass is 79.9. The summed E-state index contributed by atoms with van der Waals surface area (Å²) in [6, 6.07) is 27.9. The van der Waals surface area contributed by atoms with E-state index in [-0.39, 0.29) is 29.5 Å². The summed E-state index contributed by atoms with van der Waals surface area (Å²) in [6.45, 7) is -0.483. The number of halogens is 2. The minimum Gasteiger partial charge on any atom is -0.497 e. The van der Waals surface area contributed by atoms with Crippen molar-refractivity contribution in [1.82, 2.24) is 10.2 Å². The SMILES string of the molecule is CNC(=O)[C@H](Cc1ccccc1)N(Cc1ccc(Br)cc1)C(=O)CN(c1ccc(Cl)cc1)S(=O)(=O)c1ccc(OC)cc1. The van der Waals surface area contributed by atoms with Crippen molar-refractivity contribution in [2.45, 2.75) is 23.9 Å². The molecule has 224 valence electrons. The number of ether oxygens (including phenoxy) is 1. The number of benzene rings is 4. The first kappa shape index (κ1) is 32.1. The zero-order chi connectivity index (χ0) is 31.0. The Kier molecular flexibility index (Phi) is 10.8. The first-order chi connectivity index (χ1) is 20.6. The molecule has 8 nitrogen and oxygen atoms in total. The largest absolute Gasteiger partial charge is 0.497 e. The summed E-state index contributed by atoms with van der Waals surface area (Å²) >= 11 is 9.53. The smallest absolute Gasteiger partial charge is 0.264 e. The molecule has 0 saturated carbocycles. The first-order valence-corrected chi connectivity index (χ1v) is 15.9. The van der Waals surface area contributed by atoms with Crippen LogP contribution < -0.4 is 14.4 Å². The van der Waals surface area contributed by atoms with E-state index < -0.39 is 28.5 Å². The molecule has 0 aromatic heterocycles. The number of hydrogen-bond donors (Lipinski definition) is 1. The average molecular weight is 685 g/mol. The lowest BCUT2D eigenvalue weighted by Crippen LogP contribution is -2.53. The van der Waals surface area contributed by atoms with Crippen molar-refractivity contribution in [3.05, 3.63) is 124 Å². The molecule has 0 fully saturated rings. The van der Waals surface area contributed by atoms with Crippen molar-refractivity contribution in [2.75, 3.05) is 25.0 Å². The Morgan fingerprint density at radius 2 is 1.51 bits per heavy atom. The molecule has 4 aromatic rings. The molecule has 43 heavy (non-hydrogen) atoms. The van der Waals surface area contributed by atoms with Crippen molar-refractivity contribution in [3.63, 3.8) is 0 Å². The predicted molar refractivity (Wildman–Crippen MR) is 172 cm³/mol. The highest BCUT2D eigenvalue weighted by molar-refractivity contribution is 9.10. The molecule has 0 aliphatic heterocycles. The number of carbonyl (C=O) groups is 2. The molecular weight excluding hydrogens is 654 g/mol. The average Bonchev–Trinajstić information content (AvgIpc) is 3.03. The van der Waals surface area contributed by atoms with E-state index in [4.69, 9.17) is 16.3 Å². The highest BCUT2D eigenvalue weighted by Gasteiger charge is 2.34. The third-order valence-electron chi connectivity index (χ3n) is 6.82. The third-order valence-corrected chi connectivity index (χ3v) is 9.39. The summed E-state index contributed by atoms with van der Waals surface area (Å²) in [4.78, 5) is 29.0. The maximum absolute atomic E-state index is 14.3. The fraction of sp³-hybridized carbons (Fsp3) is 0.188. The van der Waals surface area contributed by atoms with Crippen LogP contribution >= 0.6 is 27.5 Å². The van der Waals surface area contributed by atoms with Gasteiger partial charge in [-0.15, -0.1) is 0 Å². The summed E-state index contributed by atoms with van der Waals surface area (Å²) < 4.78 is 35.1. The van der Waals surface area contributed by atoms with Gasteiger partial charge in [-0.2, -0.15) is 0 Å². The van der Waals surface area contributed by atoms with E-state index in [9.17, 15) is 18.0 Å². The Morgan fingerprint density at radius 3 is 2.09 bits per heavy atom. The van der Waals surface area contributed by atoms with E-state index in [1.54, 1.807) is 12.1 Å². The van der Waals surface area contributed by atoms with Crippen molar-refractivity contribution in [3.8, 4) is 5.75 Å². The van der Waals surface area contributed by atoms with Crippen LogP contribution in [0.5, 0.6) is 5.75 Å². The van der Waals surface area contributed by atoms with Crippen molar-refractivity contribution in [2.24, 2.45) is 0 Å². The van der Waals surface area contributed by atoms with Gasteiger partial charge >= 0.3 is 0 Å². The molecule has 1 atom stereocenters. The molecule has 0 radical (unpaired) electrons. The van der Waals surface area contributed by atoms with E-state index >= 15 is 0 Å². The minimum absolute atomic E-state index is 0.0253. The Labute approximate surface area is 265 Å². The standard InChI is InChI=1S/C32H31BrClN3O5S/c1-35-32(39)30(20-23-6-4-3-5-7-23)36(21-24-8-10-25(33)11-9-24)31(38)22-37(27-14-12-26(34)13-15-27)43(40,41)29-18-16-28(42-2)17-19-29/h3-19,30H,20-22H2,1-2H3,(H,35,39)/t30-/m0/s1. The van der Waals surface area contributed by atoms with Crippen LogP contribution in [0.3, 0.4) is 0 Å². The van der Waals surface area contributed by atoms with Gasteiger partial charge in [0.25, 0.3) is 10.0 Å². The van der Waals surface area contributed by atoms with Gasteiger partial charge in [0.2, 0.25) is 11.8 Å². The van der Waals surface area contributed by atoms with Gasteiger partial charge in [-0.3, -0.25) is 13.9 Å². The normalized spacial score (nSPS) is 11.8. The van der Waals surface area contributed by atoms with E-state index in [1.165, 1.54) is 55.5 Å². The number of amides is 2.